The normalized spacial score (nSPS) is 18.5. The molecule has 0 radical (unpaired) electrons. The van der Waals surface area contributed by atoms with Crippen LogP contribution < -0.4 is 5.32 Å². The summed E-state index contributed by atoms with van der Waals surface area (Å²) in [4.78, 5) is 25.3. The van der Waals surface area contributed by atoms with Crippen molar-refractivity contribution in [3.8, 4) is 0 Å². The Kier molecular flexibility index (Phi) is 6.65. The smallest absolute Gasteiger partial charge is 0.338 e. The van der Waals surface area contributed by atoms with Crippen LogP contribution in [0.3, 0.4) is 0 Å². The Morgan fingerprint density at radius 2 is 2.00 bits per heavy atom. The Balaban J connectivity index is 1.49. The van der Waals surface area contributed by atoms with Crippen LogP contribution in [-0.2, 0) is 28.9 Å². The van der Waals surface area contributed by atoms with Gasteiger partial charge < -0.3 is 14.8 Å². The van der Waals surface area contributed by atoms with Crippen molar-refractivity contribution in [2.75, 3.05) is 26.4 Å². The molecule has 1 aromatic carbocycles. The van der Waals surface area contributed by atoms with E-state index in [-0.39, 0.29) is 23.2 Å². The lowest BCUT2D eigenvalue weighted by molar-refractivity contribution is 0.0151. The van der Waals surface area contributed by atoms with Gasteiger partial charge in [0.15, 0.2) is 0 Å². The molecule has 1 N–H and O–H groups in total. The van der Waals surface area contributed by atoms with Crippen molar-refractivity contribution in [3.05, 3.63) is 52.3 Å². The fourth-order valence-electron chi connectivity index (χ4n) is 4.66. The molecule has 0 unspecified atom stereocenters. The number of nitrogens with one attached hydrogen (secondary N) is 1. The molecule has 172 valence electrons. The summed E-state index contributed by atoms with van der Waals surface area (Å²) in [6, 6.07) is 7.38. The zero-order valence-electron chi connectivity index (χ0n) is 19.3. The molecule has 4 rings (SSSR count). The number of aryl methyl sites for hydroxylation is 2. The summed E-state index contributed by atoms with van der Waals surface area (Å²) >= 11 is 0. The molecule has 3 heterocycles. The molecule has 2 aliphatic rings. The lowest BCUT2D eigenvalue weighted by Gasteiger charge is -2.36. The van der Waals surface area contributed by atoms with E-state index in [0.29, 0.717) is 31.7 Å². The van der Waals surface area contributed by atoms with E-state index in [9.17, 15) is 9.59 Å². The van der Waals surface area contributed by atoms with Gasteiger partial charge in [-0.05, 0) is 50.2 Å². The van der Waals surface area contributed by atoms with Gasteiger partial charge in [-0.3, -0.25) is 9.48 Å². The Bertz CT molecular complexity index is 974. The van der Waals surface area contributed by atoms with Crippen molar-refractivity contribution < 1.29 is 19.1 Å². The average molecular weight is 440 g/mol. The predicted molar refractivity (Wildman–Crippen MR) is 121 cm³/mol. The van der Waals surface area contributed by atoms with Crippen LogP contribution in [0.25, 0.3) is 0 Å². The number of ether oxygens (including phenoxy) is 2. The summed E-state index contributed by atoms with van der Waals surface area (Å²) in [6.07, 6.45) is 3.38. The van der Waals surface area contributed by atoms with E-state index in [1.165, 1.54) is 0 Å². The fourth-order valence-corrected chi connectivity index (χ4v) is 4.66. The number of aromatic nitrogens is 2. The Morgan fingerprint density at radius 1 is 1.28 bits per heavy atom. The van der Waals surface area contributed by atoms with Crippen molar-refractivity contribution in [2.45, 2.75) is 53.0 Å². The molecule has 1 aromatic heterocycles. The van der Waals surface area contributed by atoms with Gasteiger partial charge in [-0.2, -0.15) is 5.10 Å². The lowest BCUT2D eigenvalue weighted by atomic mass is 9.76. The maximum Gasteiger partial charge on any atom is 0.338 e. The Hall–Kier alpha value is -2.67. The van der Waals surface area contributed by atoms with E-state index >= 15 is 0 Å². The van der Waals surface area contributed by atoms with E-state index in [1.807, 2.05) is 37.6 Å². The summed E-state index contributed by atoms with van der Waals surface area (Å²) in [5.41, 5.74) is 4.26. The van der Waals surface area contributed by atoms with Crippen LogP contribution in [0.4, 0.5) is 0 Å². The second-order valence-electron chi connectivity index (χ2n) is 9.35. The minimum atomic E-state index is -0.314. The van der Waals surface area contributed by atoms with Gasteiger partial charge in [0, 0.05) is 32.2 Å². The topological polar surface area (TPSA) is 82.5 Å². The number of nitrogens with zero attached hydrogens (tertiary/aromatic N) is 2. The molecule has 1 saturated heterocycles. The molecule has 0 aliphatic carbocycles. The van der Waals surface area contributed by atoms with Crippen LogP contribution in [0.2, 0.25) is 0 Å². The van der Waals surface area contributed by atoms with Crippen LogP contribution in [0, 0.1) is 18.3 Å². The van der Waals surface area contributed by atoms with E-state index < -0.39 is 0 Å². The first kappa shape index (κ1) is 22.5. The number of rotatable bonds is 6. The number of esters is 1. The zero-order chi connectivity index (χ0) is 22.7. The van der Waals surface area contributed by atoms with E-state index in [0.717, 1.165) is 55.0 Å². The molecule has 2 aliphatic heterocycles. The number of benzene rings is 1. The molecule has 2 aromatic rings. The lowest BCUT2D eigenvalue weighted by Crippen LogP contribution is -2.41. The highest BCUT2D eigenvalue weighted by Gasteiger charge is 2.39. The number of carbonyl (C=O) groups excluding carboxylic acids is 2. The highest BCUT2D eigenvalue weighted by molar-refractivity contribution is 5.97. The minimum Gasteiger partial charge on any atom is -0.462 e. The van der Waals surface area contributed by atoms with Crippen LogP contribution in [0.15, 0.2) is 24.3 Å². The van der Waals surface area contributed by atoms with Crippen LogP contribution in [-0.4, -0.2) is 48.0 Å². The molecule has 0 saturated carbocycles. The van der Waals surface area contributed by atoms with Crippen molar-refractivity contribution in [3.63, 3.8) is 0 Å². The van der Waals surface area contributed by atoms with Gasteiger partial charge >= 0.3 is 5.97 Å². The van der Waals surface area contributed by atoms with Crippen molar-refractivity contribution in [1.29, 1.82) is 0 Å². The van der Waals surface area contributed by atoms with Crippen molar-refractivity contribution in [1.82, 2.24) is 15.1 Å². The van der Waals surface area contributed by atoms with Crippen LogP contribution in [0.1, 0.15) is 64.4 Å². The second kappa shape index (κ2) is 9.45. The first-order valence-electron chi connectivity index (χ1n) is 11.6. The monoisotopic (exact) mass is 439 g/mol. The number of amides is 1. The summed E-state index contributed by atoms with van der Waals surface area (Å²) < 4.78 is 13.1. The third-order valence-electron chi connectivity index (χ3n) is 6.68. The van der Waals surface area contributed by atoms with E-state index in [2.05, 4.69) is 5.32 Å². The van der Waals surface area contributed by atoms with Crippen LogP contribution >= 0.6 is 0 Å². The molecule has 7 heteroatoms. The van der Waals surface area contributed by atoms with Gasteiger partial charge in [0.1, 0.15) is 0 Å². The maximum atomic E-state index is 12.9. The van der Waals surface area contributed by atoms with Crippen molar-refractivity contribution in [2.24, 2.45) is 11.3 Å². The Morgan fingerprint density at radius 3 is 2.69 bits per heavy atom. The maximum absolute atomic E-state index is 12.9. The zero-order valence-corrected chi connectivity index (χ0v) is 19.3. The van der Waals surface area contributed by atoms with E-state index in [1.54, 1.807) is 12.1 Å². The number of hydrogen-bond acceptors (Lipinski definition) is 5. The second-order valence-corrected chi connectivity index (χ2v) is 9.35. The standard InChI is InChI=1S/C25H33N3O4/c1-4-20-22-21(13-25(16-26-23(22)29)9-11-31-12-10-25)28(27-20)14-18(3)15-32-24(30)19-7-5-17(2)6-8-19/h5-8,18H,4,9-16H2,1-3H3,(H,26,29)/t18-/m0/s1. The SMILES string of the molecule is CCc1nn(C[C@H](C)COC(=O)c2ccc(C)cc2)c2c1C(=O)NCC1(CCOCC1)C2. The molecule has 7 nitrogen and oxygen atoms in total. The molecule has 1 spiro atoms. The average Bonchev–Trinajstić information content (AvgIpc) is 3.06. The van der Waals surface area contributed by atoms with E-state index in [4.69, 9.17) is 14.6 Å². The molecule has 32 heavy (non-hydrogen) atoms. The van der Waals surface area contributed by atoms with Gasteiger partial charge in [0.25, 0.3) is 5.91 Å². The van der Waals surface area contributed by atoms with Gasteiger partial charge in [-0.15, -0.1) is 0 Å². The number of hydrogen-bond donors (Lipinski definition) is 1. The summed E-state index contributed by atoms with van der Waals surface area (Å²) in [6.45, 7) is 9.09. The van der Waals surface area contributed by atoms with Gasteiger partial charge in [0.2, 0.25) is 0 Å². The quantitative estimate of drug-likeness (QED) is 0.698. The first-order chi connectivity index (χ1) is 15.4. The first-order valence-corrected chi connectivity index (χ1v) is 11.6. The third kappa shape index (κ3) is 4.72. The molecule has 1 amide bonds. The van der Waals surface area contributed by atoms with Gasteiger partial charge in [-0.25, -0.2) is 4.79 Å². The van der Waals surface area contributed by atoms with Crippen molar-refractivity contribution >= 4 is 11.9 Å². The highest BCUT2D eigenvalue weighted by Crippen LogP contribution is 2.37. The van der Waals surface area contributed by atoms with Gasteiger partial charge in [0.05, 0.1) is 29.1 Å². The summed E-state index contributed by atoms with van der Waals surface area (Å²) in [5, 5.41) is 7.95. The third-order valence-corrected chi connectivity index (χ3v) is 6.68. The predicted octanol–water partition coefficient (Wildman–Crippen LogP) is 3.33. The number of fused-ring (bicyclic) bond motifs is 1. The molecule has 0 bridgehead atoms. The number of carbonyl (C=O) groups is 2. The molecule has 1 atom stereocenters. The summed E-state index contributed by atoms with van der Waals surface area (Å²) in [7, 11) is 0. The minimum absolute atomic E-state index is 0.0170. The fraction of sp³-hybridized carbons (Fsp3) is 0.560. The summed E-state index contributed by atoms with van der Waals surface area (Å²) in [5.74, 6) is -0.272. The molecule has 1 fully saturated rings. The van der Waals surface area contributed by atoms with Gasteiger partial charge in [-0.1, -0.05) is 31.5 Å². The molecular formula is C25H33N3O4. The molecular weight excluding hydrogens is 406 g/mol. The Labute approximate surface area is 189 Å². The van der Waals surface area contributed by atoms with Crippen LogP contribution in [0.5, 0.6) is 0 Å². The highest BCUT2D eigenvalue weighted by atomic mass is 16.5. The largest absolute Gasteiger partial charge is 0.462 e.